The van der Waals surface area contributed by atoms with Gasteiger partial charge >= 0.3 is 0 Å². The van der Waals surface area contributed by atoms with Gasteiger partial charge in [0.05, 0.1) is 6.61 Å². The number of hydrogen-bond acceptors (Lipinski definition) is 3. The second kappa shape index (κ2) is 7.27. The van der Waals surface area contributed by atoms with Gasteiger partial charge in [0.2, 0.25) is 0 Å². The van der Waals surface area contributed by atoms with Crippen molar-refractivity contribution in [3.8, 4) is 17.0 Å². The van der Waals surface area contributed by atoms with Crippen LogP contribution < -0.4 is 4.74 Å². The second-order valence-electron chi connectivity index (χ2n) is 5.11. The molecule has 0 unspecified atom stereocenters. The van der Waals surface area contributed by atoms with Crippen molar-refractivity contribution in [2.75, 3.05) is 0 Å². The van der Waals surface area contributed by atoms with Crippen LogP contribution >= 0.6 is 11.6 Å². The van der Waals surface area contributed by atoms with E-state index in [1.807, 2.05) is 60.7 Å². The third-order valence-electron chi connectivity index (χ3n) is 3.44. The van der Waals surface area contributed by atoms with Crippen molar-refractivity contribution in [2.24, 2.45) is 0 Å². The van der Waals surface area contributed by atoms with Crippen LogP contribution in [0.5, 0.6) is 5.75 Å². The minimum absolute atomic E-state index is 0.0192. The third kappa shape index (κ3) is 3.89. The summed E-state index contributed by atoms with van der Waals surface area (Å²) in [4.78, 5) is 4.39. The number of aliphatic hydroxyl groups excluding tert-OH is 1. The number of hydrogen-bond donors (Lipinski definition) is 1. The standard InChI is InChI=1S/C19H16ClNO2/c20-18-10-9-17(23-13-14-5-2-1-3-6-14)19(21-18)16-8-4-7-15(11-16)12-22/h1-11,22H,12-13H2. The number of aromatic nitrogens is 1. The maximum atomic E-state index is 9.31. The first-order valence-electron chi connectivity index (χ1n) is 7.30. The van der Waals surface area contributed by atoms with E-state index in [9.17, 15) is 5.11 Å². The van der Waals surface area contributed by atoms with Gasteiger partial charge < -0.3 is 9.84 Å². The maximum absolute atomic E-state index is 9.31. The van der Waals surface area contributed by atoms with E-state index < -0.39 is 0 Å². The number of ether oxygens (including phenoxy) is 1. The summed E-state index contributed by atoms with van der Waals surface area (Å²) in [6, 6.07) is 21.0. The van der Waals surface area contributed by atoms with E-state index in [1.165, 1.54) is 0 Å². The van der Waals surface area contributed by atoms with Gasteiger partial charge in [0.1, 0.15) is 23.2 Å². The first kappa shape index (κ1) is 15.5. The van der Waals surface area contributed by atoms with E-state index in [2.05, 4.69) is 4.98 Å². The molecular weight excluding hydrogens is 310 g/mol. The largest absolute Gasteiger partial charge is 0.487 e. The molecule has 0 radical (unpaired) electrons. The molecule has 2 aromatic carbocycles. The van der Waals surface area contributed by atoms with Crippen molar-refractivity contribution >= 4 is 11.6 Å². The van der Waals surface area contributed by atoms with Crippen LogP contribution in [0.25, 0.3) is 11.3 Å². The Kier molecular flexibility index (Phi) is 4.91. The number of nitrogens with zero attached hydrogens (tertiary/aromatic N) is 1. The number of rotatable bonds is 5. The molecule has 1 aromatic heterocycles. The summed E-state index contributed by atoms with van der Waals surface area (Å²) in [7, 11) is 0. The summed E-state index contributed by atoms with van der Waals surface area (Å²) in [6.45, 7) is 0.436. The average Bonchev–Trinajstić information content (AvgIpc) is 2.61. The fraction of sp³-hybridized carbons (Fsp3) is 0.105. The van der Waals surface area contributed by atoms with E-state index in [0.29, 0.717) is 23.2 Å². The molecule has 0 amide bonds. The Morgan fingerprint density at radius 3 is 2.48 bits per heavy atom. The van der Waals surface area contributed by atoms with Gasteiger partial charge in [0.15, 0.2) is 0 Å². The molecule has 3 rings (SSSR count). The highest BCUT2D eigenvalue weighted by Crippen LogP contribution is 2.30. The van der Waals surface area contributed by atoms with Crippen molar-refractivity contribution in [1.29, 1.82) is 0 Å². The van der Waals surface area contributed by atoms with Crippen molar-refractivity contribution in [1.82, 2.24) is 4.98 Å². The normalized spacial score (nSPS) is 10.5. The summed E-state index contributed by atoms with van der Waals surface area (Å²) in [5.41, 5.74) is 3.43. The Labute approximate surface area is 140 Å². The highest BCUT2D eigenvalue weighted by molar-refractivity contribution is 6.29. The minimum atomic E-state index is -0.0192. The fourth-order valence-corrected chi connectivity index (χ4v) is 2.45. The Morgan fingerprint density at radius 2 is 1.70 bits per heavy atom. The minimum Gasteiger partial charge on any atom is -0.487 e. The Morgan fingerprint density at radius 1 is 0.913 bits per heavy atom. The van der Waals surface area contributed by atoms with Gasteiger partial charge in [-0.15, -0.1) is 0 Å². The predicted molar refractivity (Wildman–Crippen MR) is 91.4 cm³/mol. The van der Waals surface area contributed by atoms with Crippen LogP contribution in [0.2, 0.25) is 5.15 Å². The van der Waals surface area contributed by atoms with Crippen LogP contribution in [0.1, 0.15) is 11.1 Å². The van der Waals surface area contributed by atoms with Crippen LogP contribution in [0.3, 0.4) is 0 Å². The van der Waals surface area contributed by atoms with Crippen LogP contribution in [-0.4, -0.2) is 10.1 Å². The smallest absolute Gasteiger partial charge is 0.146 e. The zero-order valence-corrected chi connectivity index (χ0v) is 13.2. The van der Waals surface area contributed by atoms with Gasteiger partial charge in [-0.05, 0) is 29.3 Å². The summed E-state index contributed by atoms with van der Waals surface area (Å²) in [5.74, 6) is 0.661. The summed E-state index contributed by atoms with van der Waals surface area (Å²) in [6.07, 6.45) is 0. The monoisotopic (exact) mass is 325 g/mol. The lowest BCUT2D eigenvalue weighted by molar-refractivity contribution is 0.282. The average molecular weight is 326 g/mol. The molecule has 0 aliphatic carbocycles. The Balaban J connectivity index is 1.91. The molecule has 3 aromatic rings. The Bertz CT molecular complexity index is 790. The van der Waals surface area contributed by atoms with Gasteiger partial charge in [-0.1, -0.05) is 60.1 Å². The van der Waals surface area contributed by atoms with Gasteiger partial charge in [0.25, 0.3) is 0 Å². The zero-order chi connectivity index (χ0) is 16.1. The van der Waals surface area contributed by atoms with E-state index in [0.717, 1.165) is 16.7 Å². The molecule has 116 valence electrons. The second-order valence-corrected chi connectivity index (χ2v) is 5.50. The molecule has 3 nitrogen and oxygen atoms in total. The number of pyridine rings is 1. The molecule has 0 saturated heterocycles. The molecule has 0 aliphatic heterocycles. The van der Waals surface area contributed by atoms with Crippen LogP contribution in [0.15, 0.2) is 66.7 Å². The highest BCUT2D eigenvalue weighted by Gasteiger charge is 2.10. The molecule has 0 aliphatic rings. The van der Waals surface area contributed by atoms with Gasteiger partial charge in [-0.25, -0.2) is 4.98 Å². The van der Waals surface area contributed by atoms with Crippen LogP contribution in [0, 0.1) is 0 Å². The van der Waals surface area contributed by atoms with Crippen LogP contribution in [0.4, 0.5) is 0 Å². The van der Waals surface area contributed by atoms with Gasteiger partial charge in [0, 0.05) is 5.56 Å². The summed E-state index contributed by atoms with van der Waals surface area (Å²) >= 11 is 6.04. The van der Waals surface area contributed by atoms with Crippen molar-refractivity contribution in [3.05, 3.63) is 83.0 Å². The number of halogens is 1. The topological polar surface area (TPSA) is 42.4 Å². The van der Waals surface area contributed by atoms with Crippen molar-refractivity contribution in [3.63, 3.8) is 0 Å². The first-order chi connectivity index (χ1) is 11.3. The molecular formula is C19H16ClNO2. The van der Waals surface area contributed by atoms with Crippen molar-refractivity contribution in [2.45, 2.75) is 13.2 Å². The lowest BCUT2D eigenvalue weighted by Gasteiger charge is -2.12. The molecule has 1 N–H and O–H groups in total. The molecule has 0 atom stereocenters. The van der Waals surface area contributed by atoms with Crippen molar-refractivity contribution < 1.29 is 9.84 Å². The van der Waals surface area contributed by atoms with E-state index in [1.54, 1.807) is 6.07 Å². The zero-order valence-electron chi connectivity index (χ0n) is 12.4. The van der Waals surface area contributed by atoms with Gasteiger partial charge in [-0.2, -0.15) is 0 Å². The molecule has 23 heavy (non-hydrogen) atoms. The van der Waals surface area contributed by atoms with Gasteiger partial charge in [-0.3, -0.25) is 0 Å². The number of aliphatic hydroxyl groups is 1. The van der Waals surface area contributed by atoms with Crippen LogP contribution in [-0.2, 0) is 13.2 Å². The molecule has 0 spiro atoms. The highest BCUT2D eigenvalue weighted by atomic mass is 35.5. The summed E-state index contributed by atoms with van der Waals surface area (Å²) in [5, 5.41) is 9.71. The quantitative estimate of drug-likeness (QED) is 0.704. The maximum Gasteiger partial charge on any atom is 0.146 e. The molecule has 0 bridgehead atoms. The van der Waals surface area contributed by atoms with E-state index in [-0.39, 0.29) is 6.61 Å². The van der Waals surface area contributed by atoms with E-state index in [4.69, 9.17) is 16.3 Å². The molecule has 0 saturated carbocycles. The fourth-order valence-electron chi connectivity index (χ4n) is 2.30. The number of benzene rings is 2. The first-order valence-corrected chi connectivity index (χ1v) is 7.67. The Hall–Kier alpha value is -2.36. The molecule has 1 heterocycles. The predicted octanol–water partition coefficient (Wildman–Crippen LogP) is 4.47. The van der Waals surface area contributed by atoms with E-state index >= 15 is 0 Å². The molecule has 0 fully saturated rings. The molecule has 4 heteroatoms. The lowest BCUT2D eigenvalue weighted by atomic mass is 10.1. The lowest BCUT2D eigenvalue weighted by Crippen LogP contribution is -1.98. The SMILES string of the molecule is OCc1cccc(-c2nc(Cl)ccc2OCc2ccccc2)c1. The third-order valence-corrected chi connectivity index (χ3v) is 3.65. The summed E-state index contributed by atoms with van der Waals surface area (Å²) < 4.78 is 5.92.